The zero-order valence-corrected chi connectivity index (χ0v) is 10.2. The summed E-state index contributed by atoms with van der Waals surface area (Å²) < 4.78 is 0. The SMILES string of the molecule is CCC(CC)C(N)CN.[CH3][Al][CH3]. The first-order chi connectivity index (χ1) is 5.67. The summed E-state index contributed by atoms with van der Waals surface area (Å²) in [7, 11) is 0. The third kappa shape index (κ3) is 8.55. The molecule has 0 amide bonds. The summed E-state index contributed by atoms with van der Waals surface area (Å²) in [5.41, 5.74) is 11.1. The molecule has 0 spiro atoms. The molecular weight excluding hydrogens is 163 g/mol. The first-order valence-corrected chi connectivity index (χ1v) is 7.18. The summed E-state index contributed by atoms with van der Waals surface area (Å²) in [5.74, 6) is 5.04. The van der Waals surface area contributed by atoms with Gasteiger partial charge in [-0.1, -0.05) is 26.7 Å². The fourth-order valence-electron chi connectivity index (χ4n) is 1.09. The Morgan fingerprint density at radius 2 is 1.50 bits per heavy atom. The third-order valence-corrected chi connectivity index (χ3v) is 1.93. The van der Waals surface area contributed by atoms with Gasteiger partial charge in [-0.05, 0) is 5.92 Å². The molecule has 1 unspecified atom stereocenters. The second-order valence-electron chi connectivity index (χ2n) is 3.05. The normalized spacial score (nSPS) is 11.9. The predicted octanol–water partition coefficient (Wildman–Crippen LogP) is 1.50. The maximum absolute atomic E-state index is 5.71. The molecular formula is C9H24AlN2. The fourth-order valence-corrected chi connectivity index (χ4v) is 1.09. The largest absolute Gasteiger partial charge is 0.329 e. The Kier molecular flexibility index (Phi) is 14.3. The lowest BCUT2D eigenvalue weighted by Gasteiger charge is -2.18. The molecule has 1 radical (unpaired) electrons. The molecule has 3 heteroatoms. The van der Waals surface area contributed by atoms with Crippen LogP contribution >= 0.6 is 0 Å². The number of nitrogens with two attached hydrogens (primary N) is 2. The molecule has 0 aliphatic rings. The van der Waals surface area contributed by atoms with Gasteiger partial charge in [-0.2, -0.15) is 0 Å². The molecule has 0 fully saturated rings. The maximum Gasteiger partial charge on any atom is 0.191 e. The van der Waals surface area contributed by atoms with E-state index in [1.165, 1.54) is 0 Å². The smallest absolute Gasteiger partial charge is 0.191 e. The monoisotopic (exact) mass is 187 g/mol. The van der Waals surface area contributed by atoms with Crippen LogP contribution in [0, 0.1) is 5.92 Å². The molecule has 1 atom stereocenters. The fraction of sp³-hybridized carbons (Fsp3) is 1.00. The van der Waals surface area contributed by atoms with E-state index in [-0.39, 0.29) is 6.04 Å². The molecule has 0 saturated heterocycles. The first kappa shape index (κ1) is 14.9. The predicted molar refractivity (Wildman–Crippen MR) is 58.6 cm³/mol. The van der Waals surface area contributed by atoms with Crippen molar-refractivity contribution in [3.8, 4) is 0 Å². The Balaban J connectivity index is 0. The summed E-state index contributed by atoms with van der Waals surface area (Å²) in [4.78, 5) is 0. The van der Waals surface area contributed by atoms with Crippen LogP contribution in [-0.4, -0.2) is 27.8 Å². The second kappa shape index (κ2) is 11.5. The summed E-state index contributed by atoms with van der Waals surface area (Å²) >= 11 is 0.750. The van der Waals surface area contributed by atoms with E-state index in [4.69, 9.17) is 11.5 Å². The highest BCUT2D eigenvalue weighted by Crippen LogP contribution is 2.09. The van der Waals surface area contributed by atoms with Gasteiger partial charge in [-0.3, -0.25) is 0 Å². The molecule has 2 nitrogen and oxygen atoms in total. The van der Waals surface area contributed by atoms with Crippen LogP contribution < -0.4 is 11.5 Å². The van der Waals surface area contributed by atoms with Gasteiger partial charge in [0.25, 0.3) is 0 Å². The van der Waals surface area contributed by atoms with Crippen molar-refractivity contribution in [2.75, 3.05) is 6.54 Å². The lowest BCUT2D eigenvalue weighted by molar-refractivity contribution is 0.401. The number of hydrogen-bond acceptors (Lipinski definition) is 2. The minimum absolute atomic E-state index is 0.208. The highest BCUT2D eigenvalue weighted by molar-refractivity contribution is 6.31. The Bertz CT molecular complexity index is 74.9. The number of rotatable bonds is 4. The molecule has 0 aliphatic heterocycles. The van der Waals surface area contributed by atoms with Crippen LogP contribution in [0.3, 0.4) is 0 Å². The van der Waals surface area contributed by atoms with Gasteiger partial charge in [0.05, 0.1) is 0 Å². The molecule has 0 heterocycles. The van der Waals surface area contributed by atoms with Crippen LogP contribution in [0.15, 0.2) is 0 Å². The van der Waals surface area contributed by atoms with Gasteiger partial charge >= 0.3 is 0 Å². The molecule has 4 N–H and O–H groups in total. The van der Waals surface area contributed by atoms with Gasteiger partial charge in [0.1, 0.15) is 0 Å². The first-order valence-electron chi connectivity index (χ1n) is 4.87. The van der Waals surface area contributed by atoms with Crippen molar-refractivity contribution in [2.45, 2.75) is 44.3 Å². The van der Waals surface area contributed by atoms with E-state index in [1.807, 2.05) is 0 Å². The average molecular weight is 187 g/mol. The third-order valence-electron chi connectivity index (χ3n) is 1.93. The highest BCUT2D eigenvalue weighted by Gasteiger charge is 2.10. The average Bonchev–Trinajstić information content (AvgIpc) is 2.08. The van der Waals surface area contributed by atoms with Crippen molar-refractivity contribution < 1.29 is 0 Å². The maximum atomic E-state index is 5.71. The van der Waals surface area contributed by atoms with Crippen LogP contribution in [0.25, 0.3) is 0 Å². The molecule has 0 aromatic rings. The molecule has 0 aliphatic carbocycles. The van der Waals surface area contributed by atoms with Crippen LogP contribution in [-0.2, 0) is 0 Å². The Hall–Kier alpha value is 0.452. The van der Waals surface area contributed by atoms with Crippen LogP contribution in [0.1, 0.15) is 26.7 Å². The zero-order chi connectivity index (χ0) is 9.98. The van der Waals surface area contributed by atoms with E-state index in [9.17, 15) is 0 Å². The number of hydrogen-bond donors (Lipinski definition) is 2. The van der Waals surface area contributed by atoms with Crippen LogP contribution in [0.2, 0.25) is 11.6 Å². The van der Waals surface area contributed by atoms with Gasteiger partial charge < -0.3 is 11.5 Å². The highest BCUT2D eigenvalue weighted by atomic mass is 27.1. The minimum Gasteiger partial charge on any atom is -0.329 e. The van der Waals surface area contributed by atoms with Gasteiger partial charge in [0, 0.05) is 12.6 Å². The van der Waals surface area contributed by atoms with Crippen molar-refractivity contribution in [1.29, 1.82) is 0 Å². The van der Waals surface area contributed by atoms with Crippen molar-refractivity contribution >= 4 is 15.2 Å². The molecule has 12 heavy (non-hydrogen) atoms. The van der Waals surface area contributed by atoms with E-state index in [0.717, 1.165) is 28.1 Å². The summed E-state index contributed by atoms with van der Waals surface area (Å²) in [5, 5.41) is 0. The van der Waals surface area contributed by atoms with Crippen molar-refractivity contribution in [2.24, 2.45) is 17.4 Å². The quantitative estimate of drug-likeness (QED) is 0.655. The van der Waals surface area contributed by atoms with Gasteiger partial charge in [0.2, 0.25) is 0 Å². The van der Waals surface area contributed by atoms with Gasteiger partial charge in [0.15, 0.2) is 15.2 Å². The molecule has 0 saturated carbocycles. The van der Waals surface area contributed by atoms with E-state index in [2.05, 4.69) is 25.4 Å². The summed E-state index contributed by atoms with van der Waals surface area (Å²) in [6.45, 7) is 4.93. The topological polar surface area (TPSA) is 52.0 Å². The Labute approximate surface area is 83.8 Å². The summed E-state index contributed by atoms with van der Waals surface area (Å²) in [6, 6.07) is 0.208. The molecule has 0 rings (SSSR count). The molecule has 0 bridgehead atoms. The van der Waals surface area contributed by atoms with Crippen molar-refractivity contribution in [1.82, 2.24) is 0 Å². The van der Waals surface area contributed by atoms with Gasteiger partial charge in [-0.25, -0.2) is 0 Å². The van der Waals surface area contributed by atoms with E-state index in [1.54, 1.807) is 0 Å². The summed E-state index contributed by atoms with van der Waals surface area (Å²) in [6.07, 6.45) is 2.30. The Morgan fingerprint density at radius 3 is 1.58 bits per heavy atom. The van der Waals surface area contributed by atoms with E-state index in [0.29, 0.717) is 12.5 Å². The van der Waals surface area contributed by atoms with Gasteiger partial charge in [-0.15, -0.1) is 11.6 Å². The Morgan fingerprint density at radius 1 is 1.17 bits per heavy atom. The van der Waals surface area contributed by atoms with Crippen molar-refractivity contribution in [3.63, 3.8) is 0 Å². The van der Waals surface area contributed by atoms with E-state index >= 15 is 0 Å². The second-order valence-corrected chi connectivity index (χ2v) is 4.21. The lowest BCUT2D eigenvalue weighted by Crippen LogP contribution is -2.36. The zero-order valence-electron chi connectivity index (χ0n) is 9.01. The van der Waals surface area contributed by atoms with Crippen LogP contribution in [0.5, 0.6) is 0 Å². The lowest BCUT2D eigenvalue weighted by atomic mass is 9.95. The molecule has 0 aromatic heterocycles. The molecule has 0 aromatic carbocycles. The minimum atomic E-state index is 0.208. The molecule has 73 valence electrons. The van der Waals surface area contributed by atoms with E-state index < -0.39 is 0 Å². The standard InChI is InChI=1S/C7H18N2.2CH3.Al/c1-3-6(4-2)7(9)5-8;;;/h6-7H,3-5,8-9H2,1-2H3;2*1H3;. The van der Waals surface area contributed by atoms with Crippen LogP contribution in [0.4, 0.5) is 0 Å². The van der Waals surface area contributed by atoms with Crippen molar-refractivity contribution in [3.05, 3.63) is 0 Å².